The number of rotatable bonds is 7. The third kappa shape index (κ3) is 4.18. The van der Waals surface area contributed by atoms with Gasteiger partial charge in [0, 0.05) is 30.9 Å². The Morgan fingerprint density at radius 3 is 2.83 bits per heavy atom. The molecule has 0 fully saturated rings. The summed E-state index contributed by atoms with van der Waals surface area (Å²) in [6, 6.07) is 4.07. The first-order valence-electron chi connectivity index (χ1n) is 5.98. The zero-order valence-electron chi connectivity index (χ0n) is 10.2. The van der Waals surface area contributed by atoms with Gasteiger partial charge in [0.05, 0.1) is 12.3 Å². The van der Waals surface area contributed by atoms with E-state index in [1.54, 1.807) is 11.3 Å². The molecule has 2 N–H and O–H groups in total. The second-order valence-corrected chi connectivity index (χ2v) is 4.89. The van der Waals surface area contributed by atoms with Crippen molar-refractivity contribution in [1.29, 1.82) is 0 Å². The van der Waals surface area contributed by atoms with Crippen molar-refractivity contribution < 1.29 is 4.74 Å². The van der Waals surface area contributed by atoms with Gasteiger partial charge >= 0.3 is 0 Å². The van der Waals surface area contributed by atoms with E-state index in [0.717, 1.165) is 30.2 Å². The zero-order chi connectivity index (χ0) is 12.6. The van der Waals surface area contributed by atoms with Crippen molar-refractivity contribution in [3.8, 4) is 0 Å². The lowest BCUT2D eigenvalue weighted by atomic mass is 10.1. The van der Waals surface area contributed by atoms with Crippen LogP contribution in [0.5, 0.6) is 0 Å². The van der Waals surface area contributed by atoms with Crippen molar-refractivity contribution in [3.63, 3.8) is 0 Å². The maximum absolute atomic E-state index is 5.59. The standard InChI is InChI=1S/C13H17N3OS/c14-8-13-16-12(10-18-13)9-17-7-1-2-11-3-5-15-6-4-11/h3-6,10H,1-2,7-9,14H2. The topological polar surface area (TPSA) is 61.0 Å². The molecule has 2 rings (SSSR count). The van der Waals surface area contributed by atoms with E-state index < -0.39 is 0 Å². The molecule has 0 saturated carbocycles. The minimum atomic E-state index is 0.507. The van der Waals surface area contributed by atoms with Crippen LogP contribution in [0.15, 0.2) is 29.9 Å². The molecule has 2 aromatic heterocycles. The Bertz CT molecular complexity index is 458. The fourth-order valence-electron chi connectivity index (χ4n) is 1.61. The molecule has 0 aliphatic heterocycles. The predicted molar refractivity (Wildman–Crippen MR) is 72.2 cm³/mol. The first-order valence-corrected chi connectivity index (χ1v) is 6.86. The van der Waals surface area contributed by atoms with Gasteiger partial charge in [-0.2, -0.15) is 0 Å². The minimum Gasteiger partial charge on any atom is -0.375 e. The summed E-state index contributed by atoms with van der Waals surface area (Å²) in [7, 11) is 0. The molecular formula is C13H17N3OS. The Hall–Kier alpha value is -1.30. The van der Waals surface area contributed by atoms with Gasteiger partial charge in [0.1, 0.15) is 5.01 Å². The Morgan fingerprint density at radius 2 is 2.11 bits per heavy atom. The molecule has 0 saturated heterocycles. The lowest BCUT2D eigenvalue weighted by molar-refractivity contribution is 0.116. The van der Waals surface area contributed by atoms with Crippen molar-refractivity contribution in [2.75, 3.05) is 6.61 Å². The summed E-state index contributed by atoms with van der Waals surface area (Å²) >= 11 is 1.59. The van der Waals surface area contributed by atoms with E-state index in [1.807, 2.05) is 29.9 Å². The van der Waals surface area contributed by atoms with Gasteiger partial charge in [0.15, 0.2) is 0 Å². The molecule has 96 valence electrons. The van der Waals surface area contributed by atoms with Crippen LogP contribution in [-0.2, 0) is 24.3 Å². The summed E-state index contributed by atoms with van der Waals surface area (Å²) in [6.07, 6.45) is 5.67. The Morgan fingerprint density at radius 1 is 1.28 bits per heavy atom. The van der Waals surface area contributed by atoms with Gasteiger partial charge in [-0.05, 0) is 30.5 Å². The van der Waals surface area contributed by atoms with Gasteiger partial charge in [-0.15, -0.1) is 11.3 Å². The fourth-order valence-corrected chi connectivity index (χ4v) is 2.27. The zero-order valence-corrected chi connectivity index (χ0v) is 11.0. The number of ether oxygens (including phenoxy) is 1. The van der Waals surface area contributed by atoms with Gasteiger partial charge in [0.25, 0.3) is 0 Å². The second-order valence-electron chi connectivity index (χ2n) is 3.95. The lowest BCUT2D eigenvalue weighted by Crippen LogP contribution is -1.99. The average Bonchev–Trinajstić information content (AvgIpc) is 2.87. The number of hydrogen-bond acceptors (Lipinski definition) is 5. The molecule has 0 radical (unpaired) electrons. The molecule has 2 aromatic rings. The third-order valence-corrected chi connectivity index (χ3v) is 3.45. The van der Waals surface area contributed by atoms with Crippen LogP contribution in [0.25, 0.3) is 0 Å². The predicted octanol–water partition coefficient (Wildman–Crippen LogP) is 2.15. The molecule has 0 atom stereocenters. The van der Waals surface area contributed by atoms with E-state index >= 15 is 0 Å². The summed E-state index contributed by atoms with van der Waals surface area (Å²) in [6.45, 7) is 1.83. The lowest BCUT2D eigenvalue weighted by Gasteiger charge is -2.02. The van der Waals surface area contributed by atoms with E-state index in [9.17, 15) is 0 Å². The van der Waals surface area contributed by atoms with Gasteiger partial charge < -0.3 is 10.5 Å². The second kappa shape index (κ2) is 7.20. The Labute approximate surface area is 111 Å². The van der Waals surface area contributed by atoms with E-state index in [4.69, 9.17) is 10.5 Å². The molecule has 0 aliphatic rings. The van der Waals surface area contributed by atoms with Gasteiger partial charge in [-0.3, -0.25) is 4.98 Å². The maximum atomic E-state index is 5.59. The van der Waals surface area contributed by atoms with Crippen molar-refractivity contribution in [3.05, 3.63) is 46.2 Å². The number of pyridine rings is 1. The van der Waals surface area contributed by atoms with Crippen molar-refractivity contribution in [2.45, 2.75) is 26.0 Å². The number of hydrogen-bond donors (Lipinski definition) is 1. The maximum Gasteiger partial charge on any atom is 0.107 e. The molecule has 0 aromatic carbocycles. The summed E-state index contributed by atoms with van der Waals surface area (Å²) in [5.41, 5.74) is 7.78. The number of aryl methyl sites for hydroxylation is 1. The summed E-state index contributed by atoms with van der Waals surface area (Å²) in [4.78, 5) is 8.34. The molecule has 18 heavy (non-hydrogen) atoms. The molecule has 0 aliphatic carbocycles. The fraction of sp³-hybridized carbons (Fsp3) is 0.385. The summed E-state index contributed by atoms with van der Waals surface area (Å²) in [5, 5.41) is 2.97. The van der Waals surface area contributed by atoms with Crippen LogP contribution >= 0.6 is 11.3 Å². The van der Waals surface area contributed by atoms with Crippen LogP contribution in [0.2, 0.25) is 0 Å². The molecule has 0 unspecified atom stereocenters. The number of nitrogens with two attached hydrogens (primary N) is 1. The molecular weight excluding hydrogens is 246 g/mol. The van der Waals surface area contributed by atoms with E-state index in [-0.39, 0.29) is 0 Å². The summed E-state index contributed by atoms with van der Waals surface area (Å²) in [5.74, 6) is 0. The molecule has 4 nitrogen and oxygen atoms in total. The highest BCUT2D eigenvalue weighted by atomic mass is 32.1. The van der Waals surface area contributed by atoms with Crippen LogP contribution < -0.4 is 5.73 Å². The van der Waals surface area contributed by atoms with Gasteiger partial charge in [-0.25, -0.2) is 4.98 Å². The van der Waals surface area contributed by atoms with Crippen LogP contribution in [0.3, 0.4) is 0 Å². The van der Waals surface area contributed by atoms with E-state index in [2.05, 4.69) is 9.97 Å². The molecule has 0 spiro atoms. The average molecular weight is 263 g/mol. The Kier molecular flexibility index (Phi) is 5.26. The number of thiazole rings is 1. The minimum absolute atomic E-state index is 0.507. The van der Waals surface area contributed by atoms with Crippen LogP contribution in [-0.4, -0.2) is 16.6 Å². The molecule has 0 amide bonds. The van der Waals surface area contributed by atoms with Crippen molar-refractivity contribution >= 4 is 11.3 Å². The van der Waals surface area contributed by atoms with Gasteiger partial charge in [0.2, 0.25) is 0 Å². The molecule has 2 heterocycles. The Balaban J connectivity index is 1.61. The first kappa shape index (κ1) is 13.1. The SMILES string of the molecule is NCc1nc(COCCCc2ccncc2)cs1. The van der Waals surface area contributed by atoms with Crippen molar-refractivity contribution in [1.82, 2.24) is 9.97 Å². The first-order chi connectivity index (χ1) is 8.88. The van der Waals surface area contributed by atoms with Gasteiger partial charge in [-0.1, -0.05) is 0 Å². The smallest absolute Gasteiger partial charge is 0.107 e. The highest BCUT2D eigenvalue weighted by molar-refractivity contribution is 7.09. The van der Waals surface area contributed by atoms with Crippen LogP contribution in [0.1, 0.15) is 22.7 Å². The summed E-state index contributed by atoms with van der Waals surface area (Å²) < 4.78 is 5.59. The number of nitrogens with zero attached hydrogens (tertiary/aromatic N) is 2. The van der Waals surface area contributed by atoms with E-state index in [0.29, 0.717) is 13.2 Å². The van der Waals surface area contributed by atoms with Crippen LogP contribution in [0, 0.1) is 0 Å². The van der Waals surface area contributed by atoms with Crippen LogP contribution in [0.4, 0.5) is 0 Å². The highest BCUT2D eigenvalue weighted by Gasteiger charge is 2.00. The molecule has 5 heteroatoms. The normalized spacial score (nSPS) is 10.7. The monoisotopic (exact) mass is 263 g/mol. The van der Waals surface area contributed by atoms with Crippen molar-refractivity contribution in [2.24, 2.45) is 5.73 Å². The largest absolute Gasteiger partial charge is 0.375 e. The third-order valence-electron chi connectivity index (χ3n) is 2.53. The quantitative estimate of drug-likeness (QED) is 0.777. The highest BCUT2D eigenvalue weighted by Crippen LogP contribution is 2.10. The number of aromatic nitrogens is 2. The van der Waals surface area contributed by atoms with E-state index in [1.165, 1.54) is 5.56 Å². The molecule has 0 bridgehead atoms.